The molecule has 1 saturated heterocycles. The van der Waals surface area contributed by atoms with Gasteiger partial charge in [0.2, 0.25) is 5.91 Å². The van der Waals surface area contributed by atoms with Crippen LogP contribution in [0.1, 0.15) is 18.4 Å². The van der Waals surface area contributed by atoms with Gasteiger partial charge >= 0.3 is 0 Å². The lowest BCUT2D eigenvalue weighted by atomic mass is 10.1. The molecular formula is C22H24N4O4. The van der Waals surface area contributed by atoms with E-state index in [2.05, 4.69) is 15.3 Å². The Bertz CT molecular complexity index is 1070. The molecular weight excluding hydrogens is 384 g/mol. The molecule has 0 saturated carbocycles. The number of hydrogen-bond acceptors (Lipinski definition) is 7. The third-order valence-electron chi connectivity index (χ3n) is 5.35. The van der Waals surface area contributed by atoms with Crippen molar-refractivity contribution < 1.29 is 19.7 Å². The fraction of sp³-hybridized carbons (Fsp3) is 0.318. The standard InChI is InChI=1S/C22H24N4O4/c1-14-10-15(7-8-18(14)28)25-22-21-17(23-13-24-22)5-2-6-19(21)30-12-16-4-3-9-26(16)20(29)11-27/h2,5-8,10,13,16,27-28H,3-4,9,11-12H2,1H3,(H,23,24,25). The number of benzene rings is 2. The summed E-state index contributed by atoms with van der Waals surface area (Å²) in [4.78, 5) is 22.3. The van der Waals surface area contributed by atoms with Gasteiger partial charge in [-0.05, 0) is 55.7 Å². The number of aryl methyl sites for hydroxylation is 1. The highest BCUT2D eigenvalue weighted by molar-refractivity contribution is 5.95. The Morgan fingerprint density at radius 3 is 2.97 bits per heavy atom. The van der Waals surface area contributed by atoms with E-state index in [9.17, 15) is 15.0 Å². The van der Waals surface area contributed by atoms with Gasteiger partial charge in [0.1, 0.15) is 36.9 Å². The van der Waals surface area contributed by atoms with Crippen LogP contribution in [0, 0.1) is 6.92 Å². The fourth-order valence-electron chi connectivity index (χ4n) is 3.78. The van der Waals surface area contributed by atoms with Crippen molar-refractivity contribution in [3.8, 4) is 11.5 Å². The van der Waals surface area contributed by atoms with Crippen LogP contribution >= 0.6 is 0 Å². The number of likely N-dealkylation sites (tertiary alicyclic amines) is 1. The molecule has 1 fully saturated rings. The summed E-state index contributed by atoms with van der Waals surface area (Å²) < 4.78 is 6.11. The van der Waals surface area contributed by atoms with Gasteiger partial charge in [0.05, 0.1) is 16.9 Å². The van der Waals surface area contributed by atoms with E-state index >= 15 is 0 Å². The maximum absolute atomic E-state index is 11.9. The zero-order chi connectivity index (χ0) is 21.1. The van der Waals surface area contributed by atoms with Gasteiger partial charge in [-0.25, -0.2) is 9.97 Å². The highest BCUT2D eigenvalue weighted by Crippen LogP contribution is 2.33. The largest absolute Gasteiger partial charge is 0.508 e. The van der Waals surface area contributed by atoms with Crippen LogP contribution < -0.4 is 10.1 Å². The molecule has 2 heterocycles. The highest BCUT2D eigenvalue weighted by Gasteiger charge is 2.29. The van der Waals surface area contributed by atoms with Crippen molar-refractivity contribution >= 4 is 28.3 Å². The van der Waals surface area contributed by atoms with E-state index in [4.69, 9.17) is 4.74 Å². The Balaban J connectivity index is 1.61. The van der Waals surface area contributed by atoms with Crippen LogP contribution in [0.15, 0.2) is 42.7 Å². The van der Waals surface area contributed by atoms with E-state index < -0.39 is 6.61 Å². The maximum Gasteiger partial charge on any atom is 0.248 e. The Kier molecular flexibility index (Phi) is 5.67. The Morgan fingerprint density at radius 2 is 2.17 bits per heavy atom. The van der Waals surface area contributed by atoms with Crippen LogP contribution in [0.2, 0.25) is 0 Å². The van der Waals surface area contributed by atoms with Gasteiger partial charge in [0.15, 0.2) is 0 Å². The third kappa shape index (κ3) is 3.99. The molecule has 1 amide bonds. The van der Waals surface area contributed by atoms with Crippen molar-refractivity contribution in [1.29, 1.82) is 0 Å². The number of carbonyl (C=O) groups is 1. The summed E-state index contributed by atoms with van der Waals surface area (Å²) in [6.07, 6.45) is 3.22. The SMILES string of the molecule is Cc1cc(Nc2ncnc3cccc(OCC4CCCN4C(=O)CO)c23)ccc1O. The average Bonchev–Trinajstić information content (AvgIpc) is 3.23. The number of nitrogens with one attached hydrogen (secondary N) is 1. The molecule has 1 unspecified atom stereocenters. The summed E-state index contributed by atoms with van der Waals surface area (Å²) in [7, 11) is 0. The summed E-state index contributed by atoms with van der Waals surface area (Å²) >= 11 is 0. The van der Waals surface area contributed by atoms with Crippen LogP contribution in [0.3, 0.4) is 0 Å². The van der Waals surface area contributed by atoms with Crippen LogP contribution in [0.4, 0.5) is 11.5 Å². The molecule has 1 aliphatic heterocycles. The maximum atomic E-state index is 11.9. The van der Waals surface area contributed by atoms with Crippen LogP contribution in [0.5, 0.6) is 11.5 Å². The van der Waals surface area contributed by atoms with Crippen molar-refractivity contribution in [3.05, 3.63) is 48.3 Å². The lowest BCUT2D eigenvalue weighted by Crippen LogP contribution is -2.40. The van der Waals surface area contributed by atoms with Crippen molar-refractivity contribution in [2.75, 3.05) is 25.1 Å². The van der Waals surface area contributed by atoms with Gasteiger partial charge in [0.25, 0.3) is 0 Å². The third-order valence-corrected chi connectivity index (χ3v) is 5.35. The molecule has 0 spiro atoms. The number of nitrogens with zero attached hydrogens (tertiary/aromatic N) is 3. The van der Waals surface area contributed by atoms with E-state index in [1.165, 1.54) is 6.33 Å². The Hall–Kier alpha value is -3.39. The molecule has 8 heteroatoms. The number of carbonyl (C=O) groups excluding carboxylic acids is 1. The smallest absolute Gasteiger partial charge is 0.248 e. The van der Waals surface area contributed by atoms with Gasteiger partial charge in [-0.2, -0.15) is 0 Å². The second kappa shape index (κ2) is 8.54. The molecule has 1 aromatic heterocycles. The first-order valence-corrected chi connectivity index (χ1v) is 9.90. The number of hydrogen-bond donors (Lipinski definition) is 3. The minimum Gasteiger partial charge on any atom is -0.508 e. The second-order valence-corrected chi connectivity index (χ2v) is 7.35. The molecule has 0 bridgehead atoms. The number of phenols is 1. The first kappa shape index (κ1) is 19.9. The highest BCUT2D eigenvalue weighted by atomic mass is 16.5. The average molecular weight is 408 g/mol. The normalized spacial score (nSPS) is 16.1. The number of phenolic OH excluding ortho intramolecular Hbond substituents is 1. The number of aliphatic hydroxyl groups is 1. The lowest BCUT2D eigenvalue weighted by Gasteiger charge is -2.24. The number of ether oxygens (including phenoxy) is 1. The second-order valence-electron chi connectivity index (χ2n) is 7.35. The molecule has 4 rings (SSSR count). The van der Waals surface area contributed by atoms with E-state index in [0.29, 0.717) is 24.7 Å². The molecule has 30 heavy (non-hydrogen) atoms. The molecule has 1 atom stereocenters. The van der Waals surface area contributed by atoms with E-state index in [1.807, 2.05) is 31.2 Å². The number of fused-ring (bicyclic) bond motifs is 1. The van der Waals surface area contributed by atoms with Crippen molar-refractivity contribution in [2.45, 2.75) is 25.8 Å². The quantitative estimate of drug-likeness (QED) is 0.538. The number of aliphatic hydroxyl groups excluding tert-OH is 1. The number of aromatic nitrogens is 2. The molecule has 3 aromatic rings. The summed E-state index contributed by atoms with van der Waals surface area (Å²) in [5.74, 6) is 1.17. The van der Waals surface area contributed by atoms with Gasteiger partial charge in [0, 0.05) is 12.2 Å². The van der Waals surface area contributed by atoms with E-state index in [1.54, 1.807) is 17.0 Å². The predicted molar refractivity (Wildman–Crippen MR) is 113 cm³/mol. The zero-order valence-corrected chi connectivity index (χ0v) is 16.7. The molecule has 2 aromatic carbocycles. The predicted octanol–water partition coefficient (Wildman–Crippen LogP) is 2.75. The van der Waals surface area contributed by atoms with Gasteiger partial charge < -0.3 is 25.2 Å². The minimum absolute atomic E-state index is 0.0688. The minimum atomic E-state index is -0.487. The van der Waals surface area contributed by atoms with Crippen molar-refractivity contribution in [1.82, 2.24) is 14.9 Å². The van der Waals surface area contributed by atoms with Gasteiger partial charge in [-0.15, -0.1) is 0 Å². The van der Waals surface area contributed by atoms with Crippen LogP contribution in [0.25, 0.3) is 10.9 Å². The van der Waals surface area contributed by atoms with E-state index in [-0.39, 0.29) is 17.7 Å². The molecule has 1 aliphatic rings. The Morgan fingerprint density at radius 1 is 1.30 bits per heavy atom. The molecule has 3 N–H and O–H groups in total. The monoisotopic (exact) mass is 408 g/mol. The molecule has 8 nitrogen and oxygen atoms in total. The number of rotatable bonds is 6. The first-order valence-electron chi connectivity index (χ1n) is 9.90. The van der Waals surface area contributed by atoms with Crippen LogP contribution in [-0.2, 0) is 4.79 Å². The summed E-state index contributed by atoms with van der Waals surface area (Å²) in [5.41, 5.74) is 2.27. The van der Waals surface area contributed by atoms with Gasteiger partial charge in [-0.1, -0.05) is 6.07 Å². The molecule has 156 valence electrons. The summed E-state index contributed by atoms with van der Waals surface area (Å²) in [5, 5.41) is 23.0. The van der Waals surface area contributed by atoms with Crippen LogP contribution in [-0.4, -0.2) is 56.8 Å². The van der Waals surface area contributed by atoms with Gasteiger partial charge in [-0.3, -0.25) is 4.79 Å². The zero-order valence-electron chi connectivity index (χ0n) is 16.7. The summed E-state index contributed by atoms with van der Waals surface area (Å²) in [6.45, 7) is 2.31. The van der Waals surface area contributed by atoms with E-state index in [0.717, 1.165) is 35.0 Å². The number of amides is 1. The lowest BCUT2D eigenvalue weighted by molar-refractivity contribution is -0.135. The number of aromatic hydroxyl groups is 1. The molecule has 0 aliphatic carbocycles. The fourth-order valence-corrected chi connectivity index (χ4v) is 3.78. The Labute approximate surface area is 174 Å². The van der Waals surface area contributed by atoms with Crippen molar-refractivity contribution in [3.63, 3.8) is 0 Å². The topological polar surface area (TPSA) is 108 Å². The van der Waals surface area contributed by atoms with Crippen molar-refractivity contribution in [2.24, 2.45) is 0 Å². The molecule has 0 radical (unpaired) electrons. The first-order chi connectivity index (χ1) is 14.6. The number of anilines is 2. The summed E-state index contributed by atoms with van der Waals surface area (Å²) in [6, 6.07) is 10.8.